The van der Waals surface area contributed by atoms with Gasteiger partial charge in [-0.15, -0.1) is 0 Å². The maximum atomic E-state index is 10.7. The highest BCUT2D eigenvalue weighted by molar-refractivity contribution is 5.83. The lowest BCUT2D eigenvalue weighted by Crippen LogP contribution is -2.12. The monoisotopic (exact) mass is 251 g/mol. The molecule has 0 aromatic heterocycles. The molecule has 1 aromatic rings. The Morgan fingerprint density at radius 3 is 2.56 bits per heavy atom. The van der Waals surface area contributed by atoms with Gasteiger partial charge in [-0.25, -0.2) is 4.79 Å². The fourth-order valence-electron chi connectivity index (χ4n) is 1.35. The fraction of sp³-hybridized carbons (Fsp3) is 0.385. The minimum absolute atomic E-state index is 0.0662. The molecule has 1 N–H and O–H groups in total. The first-order chi connectivity index (χ1) is 8.34. The van der Waals surface area contributed by atoms with Crippen LogP contribution in [0, 0.1) is 0 Å². The average molecular weight is 251 g/mol. The predicted molar refractivity (Wildman–Crippen MR) is 66.9 cm³/mol. The molecule has 18 heavy (non-hydrogen) atoms. The molecule has 0 aliphatic heterocycles. The van der Waals surface area contributed by atoms with E-state index in [0.717, 1.165) is 5.56 Å². The molecule has 5 nitrogen and oxygen atoms in total. The van der Waals surface area contributed by atoms with Crippen LogP contribution in [-0.4, -0.2) is 17.4 Å². The molecule has 0 atom stereocenters. The third-order valence-electron chi connectivity index (χ3n) is 2.33. The largest absolute Gasteiger partial charge is 0.411 e. The van der Waals surface area contributed by atoms with Crippen molar-refractivity contribution in [2.45, 2.75) is 33.1 Å². The van der Waals surface area contributed by atoms with Crippen LogP contribution >= 0.6 is 0 Å². The summed E-state index contributed by atoms with van der Waals surface area (Å²) in [6.07, 6.45) is 1.21. The minimum Gasteiger partial charge on any atom is -0.411 e. The van der Waals surface area contributed by atoms with Gasteiger partial charge in [0.1, 0.15) is 0 Å². The van der Waals surface area contributed by atoms with Crippen LogP contribution in [0.15, 0.2) is 23.4 Å². The van der Waals surface area contributed by atoms with Crippen molar-refractivity contribution in [3.05, 3.63) is 29.3 Å². The van der Waals surface area contributed by atoms with Crippen LogP contribution in [0.4, 0.5) is 0 Å². The zero-order valence-electron chi connectivity index (χ0n) is 10.9. The molecule has 0 fully saturated rings. The second-order valence-electron chi connectivity index (χ2n) is 4.91. The number of nitrogens with zero attached hydrogens (tertiary/aromatic N) is 1. The van der Waals surface area contributed by atoms with Crippen LogP contribution in [0.25, 0.3) is 0 Å². The molecule has 5 heteroatoms. The van der Waals surface area contributed by atoms with Gasteiger partial charge in [0.25, 0.3) is 0 Å². The highest BCUT2D eigenvalue weighted by atomic mass is 17.2. The number of oxime groups is 1. The minimum atomic E-state index is -0.553. The Labute approximate surface area is 106 Å². The van der Waals surface area contributed by atoms with Crippen molar-refractivity contribution >= 4 is 12.2 Å². The van der Waals surface area contributed by atoms with Crippen molar-refractivity contribution in [1.29, 1.82) is 0 Å². The Hall–Kier alpha value is -2.04. The second-order valence-corrected chi connectivity index (χ2v) is 4.91. The van der Waals surface area contributed by atoms with Crippen molar-refractivity contribution in [2.75, 3.05) is 0 Å². The Morgan fingerprint density at radius 1 is 1.39 bits per heavy atom. The van der Waals surface area contributed by atoms with Crippen LogP contribution in [-0.2, 0) is 15.1 Å². The molecule has 98 valence electrons. The lowest BCUT2D eigenvalue weighted by Gasteiger charge is -2.20. The van der Waals surface area contributed by atoms with E-state index in [0.29, 0.717) is 11.3 Å². The van der Waals surface area contributed by atoms with Crippen LogP contribution < -0.4 is 4.89 Å². The number of carbonyl (C=O) groups is 1. The number of hydrogen-bond acceptors (Lipinski definition) is 5. The highest BCUT2D eigenvalue weighted by Crippen LogP contribution is 2.28. The van der Waals surface area contributed by atoms with Crippen LogP contribution in [0.3, 0.4) is 0 Å². The van der Waals surface area contributed by atoms with E-state index in [9.17, 15) is 4.79 Å². The van der Waals surface area contributed by atoms with Crippen LogP contribution in [0.1, 0.15) is 38.8 Å². The van der Waals surface area contributed by atoms with E-state index in [1.807, 2.05) is 6.07 Å². The first-order valence-corrected chi connectivity index (χ1v) is 5.51. The van der Waals surface area contributed by atoms with Crippen molar-refractivity contribution < 1.29 is 19.8 Å². The van der Waals surface area contributed by atoms with E-state index in [1.165, 1.54) is 13.1 Å². The maximum absolute atomic E-state index is 10.7. The molecule has 0 saturated carbocycles. The van der Waals surface area contributed by atoms with Gasteiger partial charge in [0, 0.05) is 12.5 Å². The lowest BCUT2D eigenvalue weighted by molar-refractivity contribution is -0.210. The van der Waals surface area contributed by atoms with Crippen molar-refractivity contribution in [2.24, 2.45) is 5.16 Å². The summed E-state index contributed by atoms with van der Waals surface area (Å²) in [7, 11) is 0. The van der Waals surface area contributed by atoms with E-state index in [2.05, 4.69) is 30.8 Å². The molecule has 0 aliphatic rings. The molecule has 1 rings (SSSR count). The predicted octanol–water partition coefficient (Wildman–Crippen LogP) is 2.65. The SMILES string of the molecule is CC(=O)OOc1cc(C(C)(C)C)ccc1C=NO. The van der Waals surface area contributed by atoms with Crippen molar-refractivity contribution in [3.63, 3.8) is 0 Å². The summed E-state index contributed by atoms with van der Waals surface area (Å²) in [4.78, 5) is 20.2. The Morgan fingerprint density at radius 2 is 2.06 bits per heavy atom. The van der Waals surface area contributed by atoms with Gasteiger partial charge in [-0.2, -0.15) is 0 Å². The summed E-state index contributed by atoms with van der Waals surface area (Å²) in [5.41, 5.74) is 1.47. The van der Waals surface area contributed by atoms with Gasteiger partial charge in [0.15, 0.2) is 5.75 Å². The molecular formula is C13H17NO4. The Kier molecular flexibility index (Phi) is 4.31. The standard InChI is InChI=1S/C13H17NO4/c1-9(15)17-18-12-7-11(13(2,3)4)6-5-10(12)8-14-16/h5-8,16H,1-4H3. The number of carbonyl (C=O) groups excluding carboxylic acids is 1. The smallest absolute Gasteiger partial charge is 0.352 e. The van der Waals surface area contributed by atoms with Crippen molar-refractivity contribution in [1.82, 2.24) is 0 Å². The Balaban J connectivity index is 3.11. The van der Waals surface area contributed by atoms with Crippen LogP contribution in [0.5, 0.6) is 5.75 Å². The van der Waals surface area contributed by atoms with Gasteiger partial charge < -0.3 is 5.21 Å². The number of benzene rings is 1. The topological polar surface area (TPSA) is 68.1 Å². The third kappa shape index (κ3) is 3.76. The molecular weight excluding hydrogens is 234 g/mol. The quantitative estimate of drug-likeness (QED) is 0.388. The highest BCUT2D eigenvalue weighted by Gasteiger charge is 2.16. The molecule has 1 aromatic carbocycles. The third-order valence-corrected chi connectivity index (χ3v) is 2.33. The molecule has 0 spiro atoms. The van der Waals surface area contributed by atoms with E-state index >= 15 is 0 Å². The second kappa shape index (κ2) is 5.53. The first-order valence-electron chi connectivity index (χ1n) is 5.51. The molecule has 0 heterocycles. The summed E-state index contributed by atoms with van der Waals surface area (Å²) in [6.45, 7) is 7.40. The summed E-state index contributed by atoms with van der Waals surface area (Å²) in [6, 6.07) is 5.39. The average Bonchev–Trinajstić information content (AvgIpc) is 2.26. The van der Waals surface area contributed by atoms with E-state index in [-0.39, 0.29) is 5.41 Å². The van der Waals surface area contributed by atoms with E-state index in [1.54, 1.807) is 12.1 Å². The van der Waals surface area contributed by atoms with E-state index in [4.69, 9.17) is 10.1 Å². The van der Waals surface area contributed by atoms with E-state index < -0.39 is 5.97 Å². The summed E-state index contributed by atoms with van der Waals surface area (Å²) >= 11 is 0. The number of hydrogen-bond donors (Lipinski definition) is 1. The van der Waals surface area contributed by atoms with Gasteiger partial charge >= 0.3 is 5.97 Å². The molecule has 0 bridgehead atoms. The molecule has 0 radical (unpaired) electrons. The first kappa shape index (κ1) is 14.0. The van der Waals surface area contributed by atoms with Gasteiger partial charge in [0.05, 0.1) is 6.21 Å². The van der Waals surface area contributed by atoms with Gasteiger partial charge in [-0.1, -0.05) is 32.0 Å². The molecule has 0 amide bonds. The van der Waals surface area contributed by atoms with Gasteiger partial charge in [-0.3, -0.25) is 9.78 Å². The van der Waals surface area contributed by atoms with Gasteiger partial charge in [-0.05, 0) is 23.1 Å². The summed E-state index contributed by atoms with van der Waals surface area (Å²) < 4.78 is 0. The number of rotatable bonds is 3. The Bertz CT molecular complexity index is 461. The lowest BCUT2D eigenvalue weighted by atomic mass is 9.86. The zero-order chi connectivity index (χ0) is 13.8. The molecule has 0 saturated heterocycles. The summed E-state index contributed by atoms with van der Waals surface area (Å²) in [5.74, 6) is -0.224. The zero-order valence-corrected chi connectivity index (χ0v) is 10.9. The summed E-state index contributed by atoms with van der Waals surface area (Å²) in [5, 5.41) is 11.5. The maximum Gasteiger partial charge on any atom is 0.352 e. The van der Waals surface area contributed by atoms with Crippen LogP contribution in [0.2, 0.25) is 0 Å². The normalized spacial score (nSPS) is 11.6. The fourth-order valence-corrected chi connectivity index (χ4v) is 1.35. The molecule has 0 unspecified atom stereocenters. The molecule has 0 aliphatic carbocycles. The van der Waals surface area contributed by atoms with Crippen molar-refractivity contribution in [3.8, 4) is 5.75 Å². The van der Waals surface area contributed by atoms with Gasteiger partial charge in [0.2, 0.25) is 0 Å².